The molecule has 3 aromatic heterocycles. The zero-order valence-electron chi connectivity index (χ0n) is 32.3. The molecular weight excluding hydrogens is 761 g/mol. The van der Waals surface area contributed by atoms with Crippen molar-refractivity contribution in [1.29, 1.82) is 0 Å². The maximum atomic E-state index is 13.1. The van der Waals surface area contributed by atoms with Gasteiger partial charge in [-0.25, -0.2) is 19.4 Å². The molecule has 16 heteroatoms. The molecule has 1 aliphatic heterocycles. The summed E-state index contributed by atoms with van der Waals surface area (Å²) in [4.78, 5) is 77.5. The van der Waals surface area contributed by atoms with Crippen molar-refractivity contribution in [2.24, 2.45) is 0 Å². The first kappa shape index (κ1) is 40.7. The Morgan fingerprint density at radius 2 is 1.59 bits per heavy atom. The molecule has 0 unspecified atom stereocenters. The topological polar surface area (TPSA) is 197 Å². The lowest BCUT2D eigenvalue weighted by Gasteiger charge is -2.18. The molecule has 0 saturated carbocycles. The number of hydrogen-bond donors (Lipinski definition) is 5. The van der Waals surface area contributed by atoms with Crippen molar-refractivity contribution in [1.82, 2.24) is 30.5 Å². The monoisotopic (exact) mass is 802 g/mol. The maximum absolute atomic E-state index is 13.1. The van der Waals surface area contributed by atoms with Crippen LogP contribution in [0.1, 0.15) is 52.3 Å². The number of H-pyrrole nitrogens is 1. The number of carbonyl (C=O) groups excluding carboxylic acids is 5. The van der Waals surface area contributed by atoms with Gasteiger partial charge in [-0.15, -0.1) is 11.3 Å². The number of aromatic amines is 1. The number of nitrogens with zero attached hydrogens (tertiary/aromatic N) is 3. The molecule has 0 radical (unpaired) electrons. The second-order valence-corrected chi connectivity index (χ2v) is 13.9. The van der Waals surface area contributed by atoms with E-state index in [0.29, 0.717) is 51.0 Å². The molecule has 0 saturated heterocycles. The van der Waals surface area contributed by atoms with Crippen LogP contribution in [0.4, 0.5) is 15.6 Å². The van der Waals surface area contributed by atoms with Gasteiger partial charge in [0.15, 0.2) is 5.13 Å². The third kappa shape index (κ3) is 10.3. The molecule has 0 bridgehead atoms. The first-order valence-corrected chi connectivity index (χ1v) is 19.4. The van der Waals surface area contributed by atoms with E-state index in [4.69, 9.17) is 9.47 Å². The highest BCUT2D eigenvalue weighted by Gasteiger charge is 2.27. The van der Waals surface area contributed by atoms with Crippen molar-refractivity contribution in [3.63, 3.8) is 0 Å². The fourth-order valence-corrected chi connectivity index (χ4v) is 6.87. The lowest BCUT2D eigenvalue weighted by molar-refractivity contribution is -0.131. The molecule has 0 atom stereocenters. The second kappa shape index (κ2) is 18.8. The molecule has 5 aromatic rings. The van der Waals surface area contributed by atoms with Crippen molar-refractivity contribution in [3.05, 3.63) is 118 Å². The van der Waals surface area contributed by atoms with Gasteiger partial charge in [-0.1, -0.05) is 26.0 Å². The molecule has 4 heterocycles. The number of fused-ring (bicyclic) bond motifs is 1. The summed E-state index contributed by atoms with van der Waals surface area (Å²) < 4.78 is 10.7. The Bertz CT molecular complexity index is 2380. The van der Waals surface area contributed by atoms with Gasteiger partial charge >= 0.3 is 18.0 Å². The van der Waals surface area contributed by atoms with E-state index in [1.54, 1.807) is 54.9 Å². The third-order valence-electron chi connectivity index (χ3n) is 9.24. The minimum atomic E-state index is -0.835. The summed E-state index contributed by atoms with van der Waals surface area (Å²) in [6, 6.07) is 14.4. The number of carbonyl (C=O) groups is 5. The number of likely N-dealkylation sites (N-methyl/N-ethyl adjacent to an activating group) is 1. The number of rotatable bonds is 15. The summed E-state index contributed by atoms with van der Waals surface area (Å²) in [6.45, 7) is 11.0. The van der Waals surface area contributed by atoms with Crippen LogP contribution in [0.25, 0.3) is 22.9 Å². The molecule has 2 aromatic carbocycles. The molecule has 6 rings (SSSR count). The van der Waals surface area contributed by atoms with Gasteiger partial charge in [0.2, 0.25) is 0 Å². The highest BCUT2D eigenvalue weighted by Crippen LogP contribution is 2.36. The van der Waals surface area contributed by atoms with Crippen LogP contribution >= 0.6 is 11.3 Å². The van der Waals surface area contributed by atoms with Crippen LogP contribution in [-0.2, 0) is 20.9 Å². The Hall–Kier alpha value is -6.91. The van der Waals surface area contributed by atoms with Crippen LogP contribution in [0.5, 0.6) is 11.5 Å². The van der Waals surface area contributed by atoms with E-state index >= 15 is 0 Å². The van der Waals surface area contributed by atoms with Crippen LogP contribution in [0.3, 0.4) is 0 Å². The number of ether oxygens (including phenoxy) is 2. The average Bonchev–Trinajstić information content (AvgIpc) is 3.89. The number of hydrogen-bond acceptors (Lipinski definition) is 11. The Kier molecular flexibility index (Phi) is 13.2. The zero-order chi connectivity index (χ0) is 41.2. The molecule has 4 amide bonds. The van der Waals surface area contributed by atoms with Gasteiger partial charge in [0, 0.05) is 77.8 Å². The lowest BCUT2D eigenvalue weighted by atomic mass is 10.0. The first-order chi connectivity index (χ1) is 28.0. The predicted molar refractivity (Wildman–Crippen MR) is 221 cm³/mol. The van der Waals surface area contributed by atoms with E-state index in [1.807, 2.05) is 31.4 Å². The minimum absolute atomic E-state index is 0.149. The van der Waals surface area contributed by atoms with E-state index < -0.39 is 18.0 Å². The number of aromatic nitrogens is 3. The number of thiazole rings is 1. The van der Waals surface area contributed by atoms with Gasteiger partial charge in [0.1, 0.15) is 11.5 Å². The van der Waals surface area contributed by atoms with Gasteiger partial charge in [-0.3, -0.25) is 19.9 Å². The van der Waals surface area contributed by atoms with Crippen LogP contribution in [0.15, 0.2) is 84.5 Å². The lowest BCUT2D eigenvalue weighted by Crippen LogP contribution is -2.35. The van der Waals surface area contributed by atoms with Crippen molar-refractivity contribution in [2.75, 3.05) is 36.8 Å². The number of esters is 2. The van der Waals surface area contributed by atoms with Crippen molar-refractivity contribution in [2.45, 2.75) is 34.2 Å². The fourth-order valence-electron chi connectivity index (χ4n) is 6.16. The van der Waals surface area contributed by atoms with E-state index in [2.05, 4.69) is 55.0 Å². The molecule has 0 aliphatic carbocycles. The summed E-state index contributed by atoms with van der Waals surface area (Å²) in [5.41, 5.74) is 6.23. The molecule has 0 spiro atoms. The third-order valence-corrected chi connectivity index (χ3v) is 10.0. The Morgan fingerprint density at radius 3 is 2.29 bits per heavy atom. The van der Waals surface area contributed by atoms with E-state index in [0.717, 1.165) is 48.6 Å². The van der Waals surface area contributed by atoms with Gasteiger partial charge in [-0.05, 0) is 86.6 Å². The summed E-state index contributed by atoms with van der Waals surface area (Å²) in [7, 11) is 0. The van der Waals surface area contributed by atoms with E-state index in [-0.39, 0.29) is 29.9 Å². The number of benzene rings is 2. The predicted octanol–water partition coefficient (Wildman–Crippen LogP) is 6.10. The number of amides is 4. The normalized spacial score (nSPS) is 12.7. The summed E-state index contributed by atoms with van der Waals surface area (Å²) >= 11 is 1.30. The quantitative estimate of drug-likeness (QED) is 0.0469. The first-order valence-electron chi connectivity index (χ1n) is 18.5. The van der Waals surface area contributed by atoms with Crippen molar-refractivity contribution < 1.29 is 33.4 Å². The number of pyridine rings is 1. The highest BCUT2D eigenvalue weighted by atomic mass is 32.1. The van der Waals surface area contributed by atoms with Crippen LogP contribution in [0, 0.1) is 13.8 Å². The van der Waals surface area contributed by atoms with Gasteiger partial charge in [0.25, 0.3) is 11.8 Å². The molecule has 58 heavy (non-hydrogen) atoms. The SMILES string of the molecule is CCN(CC)CCNC(=O)c1c(C)[nH]c(/C=C2\C(=O)Nc3ccc(OC(=O)/C=C\C(=O)Oc4ccc(CNC(=O)Nc5nc(-c6ccncc6)cs5)cc4)cc32)c1C. The van der Waals surface area contributed by atoms with Crippen LogP contribution in [0.2, 0.25) is 0 Å². The molecule has 298 valence electrons. The van der Waals surface area contributed by atoms with Crippen LogP contribution in [-0.4, -0.2) is 75.8 Å². The second-order valence-electron chi connectivity index (χ2n) is 13.1. The van der Waals surface area contributed by atoms with Gasteiger partial charge in [0.05, 0.1) is 16.8 Å². The largest absolute Gasteiger partial charge is 0.423 e. The molecular formula is C42H42N8O7S. The standard InChI is InChI=1S/C42H42N8O7S/c1-5-50(6-2)20-19-44-40(54)38-25(3)34(46-26(38)4)22-32-31-21-30(11-12-33(31)47-39(32)53)57-37(52)14-13-36(51)56-29-9-7-27(8-10-29)23-45-41(55)49-42-48-35(24-58-42)28-15-17-43-18-16-28/h7-18,21-22,24,46H,5-6,19-20,23H2,1-4H3,(H,44,54)(H,47,53)(H2,45,48,49,55)/b14-13-,32-22-. The fraction of sp³-hybridized carbons (Fsp3) is 0.214. The summed E-state index contributed by atoms with van der Waals surface area (Å²) in [6.07, 6.45) is 6.90. The van der Waals surface area contributed by atoms with E-state index in [9.17, 15) is 24.0 Å². The van der Waals surface area contributed by atoms with E-state index in [1.165, 1.54) is 17.4 Å². The highest BCUT2D eigenvalue weighted by molar-refractivity contribution is 7.14. The van der Waals surface area contributed by atoms with Crippen molar-refractivity contribution >= 4 is 63.6 Å². The Balaban J connectivity index is 0.992. The van der Waals surface area contributed by atoms with Gasteiger partial charge in [-0.2, -0.15) is 0 Å². The molecule has 5 N–H and O–H groups in total. The summed E-state index contributed by atoms with van der Waals surface area (Å²) in [5, 5.41) is 13.6. The molecule has 1 aliphatic rings. The van der Waals surface area contributed by atoms with Crippen molar-refractivity contribution in [3.8, 4) is 22.8 Å². The molecule has 15 nitrogen and oxygen atoms in total. The number of aryl methyl sites for hydroxylation is 1. The average molecular weight is 803 g/mol. The Labute approximate surface area is 338 Å². The summed E-state index contributed by atoms with van der Waals surface area (Å²) in [5.74, 6) is -1.81. The number of urea groups is 1. The van der Waals surface area contributed by atoms with Gasteiger partial charge < -0.3 is 35.3 Å². The maximum Gasteiger partial charge on any atom is 0.336 e. The smallest absolute Gasteiger partial charge is 0.336 e. The number of nitrogens with one attached hydrogen (secondary N) is 5. The molecule has 0 fully saturated rings. The Morgan fingerprint density at radius 1 is 0.897 bits per heavy atom. The zero-order valence-corrected chi connectivity index (χ0v) is 33.1. The van der Waals surface area contributed by atoms with Crippen LogP contribution < -0.4 is 30.7 Å². The number of anilines is 2. The minimum Gasteiger partial charge on any atom is -0.423 e.